The lowest BCUT2D eigenvalue weighted by molar-refractivity contribution is -0.461. The zero-order valence-corrected chi connectivity index (χ0v) is 20.0. The van der Waals surface area contributed by atoms with Crippen molar-refractivity contribution in [1.82, 2.24) is 15.6 Å². The van der Waals surface area contributed by atoms with E-state index in [2.05, 4.69) is 25.1 Å². The molecule has 0 fully saturated rings. The maximum Gasteiger partial charge on any atom is 0.540 e. The molecule has 1 aromatic heterocycles. The molecule has 2 N–H and O–H groups in total. The van der Waals surface area contributed by atoms with Crippen molar-refractivity contribution in [2.45, 2.75) is 44.3 Å². The summed E-state index contributed by atoms with van der Waals surface area (Å²) in [5.74, 6) is -0.746. The Morgan fingerprint density at radius 1 is 1.08 bits per heavy atom. The molecular formula is C25H22ClF4N3O3. The summed E-state index contributed by atoms with van der Waals surface area (Å²) in [5, 5.41) is 5.93. The Morgan fingerprint density at radius 2 is 1.81 bits per heavy atom. The fraction of sp³-hybridized carbons (Fsp3) is 0.280. The third kappa shape index (κ3) is 5.39. The van der Waals surface area contributed by atoms with Crippen LogP contribution in [0.5, 0.6) is 5.75 Å². The van der Waals surface area contributed by atoms with Gasteiger partial charge in [-0.15, -0.1) is 8.78 Å². The van der Waals surface area contributed by atoms with Gasteiger partial charge < -0.3 is 15.4 Å². The summed E-state index contributed by atoms with van der Waals surface area (Å²) < 4.78 is 64.4. The SMILES string of the molecule is CC(C)NC(=O)NC(Cc1ccccc1)(c1ccc2c(c1)C(F)(F)OC(F)(F)O2)c1ccc(Cl)cn1. The van der Waals surface area contributed by atoms with Crippen molar-refractivity contribution >= 4 is 17.6 Å². The van der Waals surface area contributed by atoms with Gasteiger partial charge in [0.05, 0.1) is 16.3 Å². The van der Waals surface area contributed by atoms with Crippen LogP contribution in [0.25, 0.3) is 0 Å². The van der Waals surface area contributed by atoms with Gasteiger partial charge in [-0.2, -0.15) is 8.78 Å². The molecule has 1 unspecified atom stereocenters. The molecule has 0 aliphatic carbocycles. The number of rotatable bonds is 6. The lowest BCUT2D eigenvalue weighted by atomic mass is 9.79. The van der Waals surface area contributed by atoms with E-state index in [0.717, 1.165) is 17.7 Å². The van der Waals surface area contributed by atoms with E-state index in [1.807, 2.05) is 0 Å². The predicted molar refractivity (Wildman–Crippen MR) is 124 cm³/mol. The molecule has 0 saturated heterocycles. The minimum atomic E-state index is -4.51. The second-order valence-corrected chi connectivity index (χ2v) is 9.01. The maximum absolute atomic E-state index is 14.7. The van der Waals surface area contributed by atoms with Gasteiger partial charge in [0.25, 0.3) is 0 Å². The molecule has 0 saturated carbocycles. The van der Waals surface area contributed by atoms with Gasteiger partial charge in [0.2, 0.25) is 0 Å². The molecule has 1 aliphatic rings. The topological polar surface area (TPSA) is 72.5 Å². The van der Waals surface area contributed by atoms with Crippen molar-refractivity contribution < 1.29 is 31.8 Å². The highest BCUT2D eigenvalue weighted by atomic mass is 35.5. The molecule has 36 heavy (non-hydrogen) atoms. The number of fused-ring (bicyclic) bond motifs is 1. The Hall–Kier alpha value is -3.37. The third-order valence-electron chi connectivity index (χ3n) is 5.49. The molecule has 0 radical (unpaired) electrons. The first kappa shape index (κ1) is 25.7. The van der Waals surface area contributed by atoms with Crippen molar-refractivity contribution in [3.05, 3.63) is 94.3 Å². The molecule has 2 aromatic carbocycles. The van der Waals surface area contributed by atoms with Gasteiger partial charge in [0, 0.05) is 18.7 Å². The molecule has 11 heteroatoms. The van der Waals surface area contributed by atoms with Crippen molar-refractivity contribution in [1.29, 1.82) is 0 Å². The van der Waals surface area contributed by atoms with Gasteiger partial charge in [-0.1, -0.05) is 48.0 Å². The smallest absolute Gasteiger partial charge is 0.409 e. The van der Waals surface area contributed by atoms with Crippen LogP contribution in [0.2, 0.25) is 5.02 Å². The average molecular weight is 524 g/mol. The minimum absolute atomic E-state index is 0.0796. The summed E-state index contributed by atoms with van der Waals surface area (Å²) in [4.78, 5) is 17.4. The van der Waals surface area contributed by atoms with E-state index < -0.39 is 35.3 Å². The Bertz CT molecular complexity index is 1240. The number of nitrogens with zero attached hydrogens (tertiary/aromatic N) is 1. The first-order chi connectivity index (χ1) is 16.9. The predicted octanol–water partition coefficient (Wildman–Crippen LogP) is 5.94. The second-order valence-electron chi connectivity index (χ2n) is 8.58. The van der Waals surface area contributed by atoms with Gasteiger partial charge in [-0.05, 0) is 49.2 Å². The average Bonchev–Trinajstić information content (AvgIpc) is 2.78. The maximum atomic E-state index is 14.7. The largest absolute Gasteiger partial charge is 0.540 e. The van der Waals surface area contributed by atoms with E-state index in [0.29, 0.717) is 5.02 Å². The zero-order chi connectivity index (χ0) is 26.1. The number of carbonyl (C=O) groups is 1. The van der Waals surface area contributed by atoms with Gasteiger partial charge in [0.15, 0.2) is 0 Å². The Morgan fingerprint density at radius 3 is 2.44 bits per heavy atom. The summed E-state index contributed by atoms with van der Waals surface area (Å²) in [6.07, 6.45) is -7.43. The van der Waals surface area contributed by atoms with E-state index in [1.165, 1.54) is 12.3 Å². The molecule has 3 aromatic rings. The second kappa shape index (κ2) is 9.59. The number of nitrogens with one attached hydrogen (secondary N) is 2. The number of hydrogen-bond acceptors (Lipinski definition) is 4. The number of benzene rings is 2. The van der Waals surface area contributed by atoms with Crippen LogP contribution in [0.3, 0.4) is 0 Å². The number of hydrogen-bond donors (Lipinski definition) is 2. The van der Waals surface area contributed by atoms with Gasteiger partial charge in [-0.25, -0.2) is 9.53 Å². The highest BCUT2D eigenvalue weighted by Gasteiger charge is 2.55. The van der Waals surface area contributed by atoms with Crippen molar-refractivity contribution in [3.63, 3.8) is 0 Å². The molecule has 2 heterocycles. The number of amides is 2. The number of alkyl halides is 4. The molecule has 4 rings (SSSR count). The summed E-state index contributed by atoms with van der Waals surface area (Å²) in [7, 11) is 0. The van der Waals surface area contributed by atoms with E-state index in [1.54, 1.807) is 56.3 Å². The van der Waals surface area contributed by atoms with Crippen LogP contribution in [0.1, 0.15) is 36.2 Å². The molecule has 1 atom stereocenters. The number of ether oxygens (including phenoxy) is 2. The molecule has 0 bridgehead atoms. The lowest BCUT2D eigenvalue weighted by Gasteiger charge is -2.37. The first-order valence-corrected chi connectivity index (χ1v) is 11.3. The first-order valence-electron chi connectivity index (χ1n) is 10.9. The Kier molecular flexibility index (Phi) is 6.85. The van der Waals surface area contributed by atoms with Crippen molar-refractivity contribution in [3.8, 4) is 5.75 Å². The van der Waals surface area contributed by atoms with Crippen LogP contribution in [0.4, 0.5) is 22.4 Å². The van der Waals surface area contributed by atoms with E-state index in [9.17, 15) is 22.4 Å². The summed E-state index contributed by atoms with van der Waals surface area (Å²) in [5.41, 5.74) is -1.28. The number of halogens is 5. The Balaban J connectivity index is 1.94. The molecule has 1 aliphatic heterocycles. The highest BCUT2D eigenvalue weighted by molar-refractivity contribution is 6.30. The van der Waals surface area contributed by atoms with Gasteiger partial charge in [-0.3, -0.25) is 4.98 Å². The number of carbonyl (C=O) groups excluding carboxylic acids is 1. The molecule has 0 spiro atoms. The van der Waals surface area contributed by atoms with Crippen LogP contribution >= 0.6 is 11.6 Å². The lowest BCUT2D eigenvalue weighted by Crippen LogP contribution is -2.54. The summed E-state index contributed by atoms with van der Waals surface area (Å²) in [6.45, 7) is 3.51. The van der Waals surface area contributed by atoms with Crippen LogP contribution in [0.15, 0.2) is 66.9 Å². The van der Waals surface area contributed by atoms with E-state index in [4.69, 9.17) is 11.6 Å². The van der Waals surface area contributed by atoms with Crippen molar-refractivity contribution in [2.24, 2.45) is 0 Å². The number of urea groups is 1. The standard InChI is InChI=1S/C25H22ClF4N3O3/c1-15(2)32-22(34)33-23(13-16-6-4-3-5-7-16,21-11-9-18(26)14-31-21)17-8-10-20-19(12-17)24(27,28)36-25(29,30)35-20/h3-12,14-15H,13H2,1-2H3,(H2,32,33,34). The highest BCUT2D eigenvalue weighted by Crippen LogP contribution is 2.48. The summed E-state index contributed by atoms with van der Waals surface area (Å²) >= 11 is 6.04. The zero-order valence-electron chi connectivity index (χ0n) is 19.2. The Labute approximate surface area is 209 Å². The van der Waals surface area contributed by atoms with Gasteiger partial charge in [0.1, 0.15) is 11.3 Å². The monoisotopic (exact) mass is 523 g/mol. The third-order valence-corrected chi connectivity index (χ3v) is 5.71. The quantitative estimate of drug-likeness (QED) is 0.392. The van der Waals surface area contributed by atoms with Crippen LogP contribution < -0.4 is 15.4 Å². The van der Waals surface area contributed by atoms with E-state index in [-0.39, 0.29) is 23.7 Å². The summed E-state index contributed by atoms with van der Waals surface area (Å²) in [6, 6.07) is 14.5. The van der Waals surface area contributed by atoms with Crippen LogP contribution in [-0.4, -0.2) is 23.4 Å². The molecule has 6 nitrogen and oxygen atoms in total. The number of aromatic nitrogens is 1. The van der Waals surface area contributed by atoms with Gasteiger partial charge >= 0.3 is 18.4 Å². The number of pyridine rings is 1. The molecular weight excluding hydrogens is 502 g/mol. The molecule has 2 amide bonds. The fourth-order valence-corrected chi connectivity index (χ4v) is 4.12. The fourth-order valence-electron chi connectivity index (χ4n) is 4.01. The van der Waals surface area contributed by atoms with Crippen molar-refractivity contribution in [2.75, 3.05) is 0 Å². The molecule has 190 valence electrons. The normalized spacial score (nSPS) is 17.4. The van der Waals surface area contributed by atoms with Crippen LogP contribution in [0, 0.1) is 0 Å². The minimum Gasteiger partial charge on any atom is -0.409 e. The van der Waals surface area contributed by atoms with Crippen LogP contribution in [-0.2, 0) is 22.8 Å². The van der Waals surface area contributed by atoms with E-state index >= 15 is 0 Å².